The first-order valence-corrected chi connectivity index (χ1v) is 5.36. The maximum Gasteiger partial charge on any atom is 0.325 e. The van der Waals surface area contributed by atoms with E-state index in [1.54, 1.807) is 0 Å². The third-order valence-corrected chi connectivity index (χ3v) is 3.30. The van der Waals surface area contributed by atoms with Gasteiger partial charge in [-0.1, -0.05) is 0 Å². The predicted octanol–water partition coefficient (Wildman–Crippen LogP) is 0.557. The smallest absolute Gasteiger partial charge is 0.325 e. The molecule has 0 aromatic carbocycles. The van der Waals surface area contributed by atoms with Crippen molar-refractivity contribution >= 4 is 12.0 Å². The average molecular weight is 212 g/mol. The molecular formula is C10H16N2O3. The van der Waals surface area contributed by atoms with Gasteiger partial charge >= 0.3 is 12.0 Å². The van der Waals surface area contributed by atoms with Gasteiger partial charge in [-0.25, -0.2) is 4.79 Å². The van der Waals surface area contributed by atoms with Gasteiger partial charge in [0, 0.05) is 6.04 Å². The second kappa shape index (κ2) is 3.72. The van der Waals surface area contributed by atoms with Crippen molar-refractivity contribution in [2.45, 2.75) is 38.3 Å². The fourth-order valence-electron chi connectivity index (χ4n) is 2.32. The number of carboxylic acid groups (broad SMARTS) is 1. The summed E-state index contributed by atoms with van der Waals surface area (Å²) in [7, 11) is 0. The normalized spacial score (nSPS) is 34.1. The summed E-state index contributed by atoms with van der Waals surface area (Å²) in [5.41, 5.74) is 0. The van der Waals surface area contributed by atoms with E-state index >= 15 is 0 Å². The van der Waals surface area contributed by atoms with Crippen LogP contribution in [-0.4, -0.2) is 29.2 Å². The van der Waals surface area contributed by atoms with Crippen LogP contribution < -0.4 is 10.6 Å². The van der Waals surface area contributed by atoms with Crippen molar-refractivity contribution in [2.75, 3.05) is 0 Å². The Morgan fingerprint density at radius 3 is 2.40 bits per heavy atom. The molecule has 0 spiro atoms. The number of amides is 2. The van der Waals surface area contributed by atoms with Crippen molar-refractivity contribution in [3.05, 3.63) is 0 Å². The molecule has 0 heterocycles. The second-order valence-corrected chi connectivity index (χ2v) is 4.60. The van der Waals surface area contributed by atoms with Crippen LogP contribution in [0.2, 0.25) is 0 Å². The zero-order valence-electron chi connectivity index (χ0n) is 8.69. The van der Waals surface area contributed by atoms with Gasteiger partial charge in [0.25, 0.3) is 0 Å². The number of hydrogen-bond donors (Lipinski definition) is 3. The standard InChI is InChI=1S/C10H16N2O3/c1-5(9(13)14)11-10(15)12-8-3-6-2-7(6)4-8/h5-8H,2-4H2,1H3,(H,13,14)(H2,11,12,15)/t5-,6?,7?,8?/m0/s1. The highest BCUT2D eigenvalue weighted by atomic mass is 16.4. The van der Waals surface area contributed by atoms with Crippen LogP contribution in [0.5, 0.6) is 0 Å². The number of urea groups is 1. The van der Waals surface area contributed by atoms with Crippen LogP contribution in [0.4, 0.5) is 4.79 Å². The largest absolute Gasteiger partial charge is 0.480 e. The monoisotopic (exact) mass is 212 g/mol. The molecule has 15 heavy (non-hydrogen) atoms. The van der Waals surface area contributed by atoms with E-state index in [9.17, 15) is 9.59 Å². The van der Waals surface area contributed by atoms with Gasteiger partial charge in [-0.15, -0.1) is 0 Å². The first-order chi connectivity index (χ1) is 7.06. The Labute approximate surface area is 88.2 Å². The molecular weight excluding hydrogens is 196 g/mol. The number of carbonyl (C=O) groups is 2. The molecule has 3 atom stereocenters. The average Bonchev–Trinajstić information content (AvgIpc) is 2.73. The zero-order valence-corrected chi connectivity index (χ0v) is 8.69. The maximum atomic E-state index is 11.3. The molecule has 2 rings (SSSR count). The molecule has 0 saturated heterocycles. The summed E-state index contributed by atoms with van der Waals surface area (Å²) in [6.07, 6.45) is 3.42. The van der Waals surface area contributed by atoms with E-state index in [0.717, 1.165) is 24.7 Å². The third kappa shape index (κ3) is 2.40. The number of hydrogen-bond acceptors (Lipinski definition) is 2. The fraction of sp³-hybridized carbons (Fsp3) is 0.800. The first kappa shape index (κ1) is 10.3. The van der Waals surface area contributed by atoms with Crippen molar-refractivity contribution in [1.29, 1.82) is 0 Å². The Kier molecular flexibility index (Phi) is 2.54. The summed E-state index contributed by atoms with van der Waals surface area (Å²) in [4.78, 5) is 21.8. The lowest BCUT2D eigenvalue weighted by atomic mass is 10.2. The molecule has 2 fully saturated rings. The highest BCUT2D eigenvalue weighted by Crippen LogP contribution is 2.51. The topological polar surface area (TPSA) is 78.4 Å². The van der Waals surface area contributed by atoms with Crippen molar-refractivity contribution in [2.24, 2.45) is 11.8 Å². The van der Waals surface area contributed by atoms with Gasteiger partial charge in [0.15, 0.2) is 0 Å². The molecule has 0 aromatic heterocycles. The molecule has 2 aliphatic rings. The van der Waals surface area contributed by atoms with Gasteiger partial charge in [-0.05, 0) is 38.0 Å². The number of aliphatic carboxylic acids is 1. The minimum absolute atomic E-state index is 0.245. The van der Waals surface area contributed by atoms with E-state index in [4.69, 9.17) is 5.11 Å². The minimum atomic E-state index is -1.01. The molecule has 2 aliphatic carbocycles. The van der Waals surface area contributed by atoms with Gasteiger partial charge in [0.1, 0.15) is 6.04 Å². The summed E-state index contributed by atoms with van der Waals surface area (Å²) in [5, 5.41) is 13.8. The summed E-state index contributed by atoms with van der Waals surface area (Å²) in [6.45, 7) is 1.45. The van der Waals surface area contributed by atoms with E-state index in [-0.39, 0.29) is 12.1 Å². The Morgan fingerprint density at radius 2 is 1.87 bits per heavy atom. The predicted molar refractivity (Wildman–Crippen MR) is 53.4 cm³/mol. The van der Waals surface area contributed by atoms with Crippen LogP contribution in [0.25, 0.3) is 0 Å². The van der Waals surface area contributed by atoms with Crippen molar-refractivity contribution in [3.63, 3.8) is 0 Å². The van der Waals surface area contributed by atoms with E-state index in [0.29, 0.717) is 0 Å². The Hall–Kier alpha value is -1.26. The SMILES string of the molecule is C[C@H](NC(=O)NC1CC2CC2C1)C(=O)O. The van der Waals surface area contributed by atoms with Crippen LogP contribution >= 0.6 is 0 Å². The van der Waals surface area contributed by atoms with Crippen LogP contribution in [0.1, 0.15) is 26.2 Å². The number of carboxylic acids is 1. The molecule has 2 unspecified atom stereocenters. The molecule has 5 heteroatoms. The molecule has 0 bridgehead atoms. The summed E-state index contributed by atoms with van der Waals surface area (Å²) in [6, 6.07) is -0.952. The first-order valence-electron chi connectivity index (χ1n) is 5.36. The molecule has 0 aromatic rings. The van der Waals surface area contributed by atoms with Crippen molar-refractivity contribution < 1.29 is 14.7 Å². The maximum absolute atomic E-state index is 11.3. The molecule has 5 nitrogen and oxygen atoms in total. The van der Waals surface area contributed by atoms with Gasteiger partial charge in [-0.3, -0.25) is 4.79 Å². The fourth-order valence-corrected chi connectivity index (χ4v) is 2.32. The van der Waals surface area contributed by atoms with Crippen LogP contribution in [0.15, 0.2) is 0 Å². The molecule has 84 valence electrons. The number of rotatable bonds is 3. The van der Waals surface area contributed by atoms with Crippen LogP contribution in [0.3, 0.4) is 0 Å². The Balaban J connectivity index is 1.70. The molecule has 3 N–H and O–H groups in total. The lowest BCUT2D eigenvalue weighted by Gasteiger charge is -2.16. The quantitative estimate of drug-likeness (QED) is 0.639. The second-order valence-electron chi connectivity index (χ2n) is 4.60. The molecule has 0 aliphatic heterocycles. The summed E-state index contributed by atoms with van der Waals surface area (Å²) < 4.78 is 0. The summed E-state index contributed by atoms with van der Waals surface area (Å²) in [5.74, 6) is 0.610. The molecule has 0 radical (unpaired) electrons. The lowest BCUT2D eigenvalue weighted by molar-refractivity contribution is -0.138. The van der Waals surface area contributed by atoms with Crippen LogP contribution in [0, 0.1) is 11.8 Å². The number of carbonyl (C=O) groups excluding carboxylic acids is 1. The van der Waals surface area contributed by atoms with Crippen molar-refractivity contribution in [3.8, 4) is 0 Å². The van der Waals surface area contributed by atoms with E-state index in [1.807, 2.05) is 0 Å². The van der Waals surface area contributed by atoms with E-state index < -0.39 is 12.0 Å². The lowest BCUT2D eigenvalue weighted by Crippen LogP contribution is -2.47. The van der Waals surface area contributed by atoms with Gasteiger partial charge in [0.2, 0.25) is 0 Å². The third-order valence-electron chi connectivity index (χ3n) is 3.30. The molecule has 2 saturated carbocycles. The Bertz CT molecular complexity index is 282. The van der Waals surface area contributed by atoms with Gasteiger partial charge in [0.05, 0.1) is 0 Å². The van der Waals surface area contributed by atoms with E-state index in [2.05, 4.69) is 10.6 Å². The highest BCUT2D eigenvalue weighted by Gasteiger charge is 2.46. The summed E-state index contributed by atoms with van der Waals surface area (Å²) >= 11 is 0. The van der Waals surface area contributed by atoms with Gasteiger partial charge < -0.3 is 15.7 Å². The Morgan fingerprint density at radius 1 is 1.27 bits per heavy atom. The zero-order chi connectivity index (χ0) is 11.0. The highest BCUT2D eigenvalue weighted by molar-refractivity contribution is 5.82. The number of nitrogens with one attached hydrogen (secondary N) is 2. The van der Waals surface area contributed by atoms with Crippen molar-refractivity contribution in [1.82, 2.24) is 10.6 Å². The van der Waals surface area contributed by atoms with Gasteiger partial charge in [-0.2, -0.15) is 0 Å². The van der Waals surface area contributed by atoms with E-state index in [1.165, 1.54) is 13.3 Å². The molecule has 2 amide bonds. The van der Waals surface area contributed by atoms with Crippen LogP contribution in [-0.2, 0) is 4.79 Å². The minimum Gasteiger partial charge on any atom is -0.480 e. The number of fused-ring (bicyclic) bond motifs is 1.